The third kappa shape index (κ3) is 4.71. The van der Waals surface area contributed by atoms with Crippen molar-refractivity contribution < 1.29 is 9.84 Å². The van der Waals surface area contributed by atoms with E-state index in [1.807, 2.05) is 24.3 Å². The van der Waals surface area contributed by atoms with Gasteiger partial charge in [0, 0.05) is 10.2 Å². The number of nitrogens with one attached hydrogen (secondary N) is 2. The third-order valence-electron chi connectivity index (χ3n) is 2.67. The molecule has 0 aromatic heterocycles. The number of phenolic OH excluding ortho intramolecular Hbond substituents is 1. The van der Waals surface area contributed by atoms with Crippen LogP contribution in [0.25, 0.3) is 0 Å². The number of hydrogen-bond donors (Lipinski definition) is 3. The molecule has 0 aliphatic rings. The van der Waals surface area contributed by atoms with Gasteiger partial charge in [-0.2, -0.15) is 5.10 Å². The molecule has 0 fully saturated rings. The van der Waals surface area contributed by atoms with Crippen molar-refractivity contribution in [1.82, 2.24) is 5.43 Å². The van der Waals surface area contributed by atoms with Crippen LogP contribution in [0.3, 0.4) is 0 Å². The van der Waals surface area contributed by atoms with Gasteiger partial charge < -0.3 is 15.2 Å². The van der Waals surface area contributed by atoms with Crippen LogP contribution in [-0.2, 0) is 0 Å². The summed E-state index contributed by atoms with van der Waals surface area (Å²) in [6, 6.07) is 12.6. The third-order valence-corrected chi connectivity index (χ3v) is 3.35. The maximum absolute atomic E-state index is 9.67. The summed E-state index contributed by atoms with van der Waals surface area (Å²) in [6.07, 6.45) is 1.55. The van der Waals surface area contributed by atoms with Crippen molar-refractivity contribution in [1.29, 1.82) is 0 Å². The monoisotopic (exact) mass is 379 g/mol. The average molecular weight is 380 g/mol. The molecule has 0 spiro atoms. The molecular formula is C15H14BrN3O2S. The highest BCUT2D eigenvalue weighted by atomic mass is 79.9. The Balaban J connectivity index is 1.91. The van der Waals surface area contributed by atoms with Crippen LogP contribution in [0.1, 0.15) is 5.56 Å². The van der Waals surface area contributed by atoms with E-state index in [0.717, 1.165) is 15.7 Å². The second-order valence-corrected chi connectivity index (χ2v) is 5.59. The van der Waals surface area contributed by atoms with Gasteiger partial charge in [0.1, 0.15) is 0 Å². The smallest absolute Gasteiger partial charge is 0.191 e. The van der Waals surface area contributed by atoms with Gasteiger partial charge in [0.05, 0.1) is 13.3 Å². The van der Waals surface area contributed by atoms with E-state index in [2.05, 4.69) is 31.8 Å². The minimum Gasteiger partial charge on any atom is -0.504 e. The van der Waals surface area contributed by atoms with Crippen molar-refractivity contribution in [3.05, 3.63) is 52.5 Å². The van der Waals surface area contributed by atoms with Crippen LogP contribution in [0.5, 0.6) is 11.5 Å². The zero-order valence-corrected chi connectivity index (χ0v) is 14.1. The van der Waals surface area contributed by atoms with Gasteiger partial charge in [0.25, 0.3) is 0 Å². The molecule has 2 aromatic carbocycles. The SMILES string of the molecule is COc1ccc(/C=N\NC(=S)Nc2cccc(Br)c2)cc1O. The standard InChI is InChI=1S/C15H14BrN3O2S/c1-21-14-6-5-10(7-13(14)20)9-17-19-15(22)18-12-4-2-3-11(16)8-12/h2-9,20H,1H3,(H2,18,19,22)/b17-9-. The van der Waals surface area contributed by atoms with Crippen LogP contribution < -0.4 is 15.5 Å². The lowest BCUT2D eigenvalue weighted by atomic mass is 10.2. The van der Waals surface area contributed by atoms with Gasteiger partial charge >= 0.3 is 0 Å². The van der Waals surface area contributed by atoms with E-state index in [1.165, 1.54) is 7.11 Å². The average Bonchev–Trinajstić information content (AvgIpc) is 2.47. The maximum Gasteiger partial charge on any atom is 0.191 e. The van der Waals surface area contributed by atoms with Crippen molar-refractivity contribution >= 4 is 45.2 Å². The van der Waals surface area contributed by atoms with Crippen LogP contribution >= 0.6 is 28.1 Å². The van der Waals surface area contributed by atoms with E-state index in [9.17, 15) is 5.11 Å². The molecule has 3 N–H and O–H groups in total. The van der Waals surface area contributed by atoms with Crippen molar-refractivity contribution in [3.8, 4) is 11.5 Å². The number of ether oxygens (including phenoxy) is 1. The van der Waals surface area contributed by atoms with Gasteiger partial charge in [-0.05, 0) is 54.2 Å². The lowest BCUT2D eigenvalue weighted by Crippen LogP contribution is -2.23. The Kier molecular flexibility index (Phi) is 5.74. The van der Waals surface area contributed by atoms with Gasteiger partial charge in [0.15, 0.2) is 16.6 Å². The van der Waals surface area contributed by atoms with E-state index in [1.54, 1.807) is 24.4 Å². The van der Waals surface area contributed by atoms with Gasteiger partial charge in [-0.25, -0.2) is 0 Å². The number of rotatable bonds is 4. The molecular weight excluding hydrogens is 366 g/mol. The van der Waals surface area contributed by atoms with Crippen LogP contribution in [0.15, 0.2) is 52.0 Å². The minimum atomic E-state index is 0.0567. The number of aromatic hydroxyl groups is 1. The molecule has 0 atom stereocenters. The molecule has 0 heterocycles. The number of hydrogen-bond acceptors (Lipinski definition) is 4. The lowest BCUT2D eigenvalue weighted by Gasteiger charge is -2.07. The van der Waals surface area contributed by atoms with Gasteiger partial charge in [0.2, 0.25) is 0 Å². The Morgan fingerprint density at radius 2 is 2.14 bits per heavy atom. The first-order chi connectivity index (χ1) is 10.6. The molecule has 2 rings (SSSR count). The number of halogens is 1. The number of methoxy groups -OCH3 is 1. The number of benzene rings is 2. The highest BCUT2D eigenvalue weighted by molar-refractivity contribution is 9.10. The molecule has 0 saturated heterocycles. The molecule has 0 saturated carbocycles. The number of thiocarbonyl (C=S) groups is 1. The van der Waals surface area contributed by atoms with E-state index < -0.39 is 0 Å². The molecule has 2 aromatic rings. The number of anilines is 1. The predicted molar refractivity (Wildman–Crippen MR) is 95.8 cm³/mol. The molecule has 0 bridgehead atoms. The van der Waals surface area contributed by atoms with Crippen molar-refractivity contribution in [2.24, 2.45) is 5.10 Å². The molecule has 0 aliphatic carbocycles. The van der Waals surface area contributed by atoms with Crippen molar-refractivity contribution in [2.45, 2.75) is 0 Å². The predicted octanol–water partition coefficient (Wildman–Crippen LogP) is 3.48. The summed E-state index contributed by atoms with van der Waals surface area (Å²) in [5.74, 6) is 0.471. The Morgan fingerprint density at radius 1 is 1.32 bits per heavy atom. The van der Waals surface area contributed by atoms with Crippen LogP contribution in [0.4, 0.5) is 5.69 Å². The summed E-state index contributed by atoms with van der Waals surface area (Å²) in [5.41, 5.74) is 4.28. The summed E-state index contributed by atoms with van der Waals surface area (Å²) in [4.78, 5) is 0. The topological polar surface area (TPSA) is 65.9 Å². The Morgan fingerprint density at radius 3 is 2.82 bits per heavy atom. The molecule has 5 nitrogen and oxygen atoms in total. The summed E-state index contributed by atoms with van der Waals surface area (Å²) in [6.45, 7) is 0. The van der Waals surface area contributed by atoms with E-state index in [-0.39, 0.29) is 5.75 Å². The Bertz CT molecular complexity index is 707. The molecule has 22 heavy (non-hydrogen) atoms. The van der Waals surface area contributed by atoms with Gasteiger partial charge in [-0.15, -0.1) is 0 Å². The number of phenols is 1. The first-order valence-electron chi connectivity index (χ1n) is 6.31. The summed E-state index contributed by atoms with van der Waals surface area (Å²) in [7, 11) is 1.50. The Hall–Kier alpha value is -2.12. The quantitative estimate of drug-likeness (QED) is 0.431. The maximum atomic E-state index is 9.67. The second kappa shape index (κ2) is 7.77. The van der Waals surface area contributed by atoms with E-state index in [4.69, 9.17) is 17.0 Å². The van der Waals surface area contributed by atoms with E-state index >= 15 is 0 Å². The van der Waals surface area contributed by atoms with Crippen LogP contribution in [-0.4, -0.2) is 23.5 Å². The number of hydrazone groups is 1. The zero-order chi connectivity index (χ0) is 15.9. The highest BCUT2D eigenvalue weighted by Crippen LogP contribution is 2.25. The Labute approximate surface area is 142 Å². The molecule has 114 valence electrons. The molecule has 0 unspecified atom stereocenters. The summed E-state index contributed by atoms with van der Waals surface area (Å²) >= 11 is 8.53. The number of nitrogens with zero attached hydrogens (tertiary/aromatic N) is 1. The zero-order valence-electron chi connectivity index (χ0n) is 11.7. The summed E-state index contributed by atoms with van der Waals surface area (Å²) < 4.78 is 5.93. The fraction of sp³-hybridized carbons (Fsp3) is 0.0667. The molecule has 7 heteroatoms. The van der Waals surface area contributed by atoms with E-state index in [0.29, 0.717) is 10.9 Å². The van der Waals surface area contributed by atoms with Crippen molar-refractivity contribution in [2.75, 3.05) is 12.4 Å². The summed E-state index contributed by atoms with van der Waals surface area (Å²) in [5, 5.41) is 17.1. The van der Waals surface area contributed by atoms with Crippen LogP contribution in [0.2, 0.25) is 0 Å². The largest absolute Gasteiger partial charge is 0.504 e. The van der Waals surface area contributed by atoms with Crippen LogP contribution in [0, 0.1) is 0 Å². The van der Waals surface area contributed by atoms with Gasteiger partial charge in [-0.3, -0.25) is 5.43 Å². The molecule has 0 radical (unpaired) electrons. The van der Waals surface area contributed by atoms with Gasteiger partial charge in [-0.1, -0.05) is 22.0 Å². The fourth-order valence-electron chi connectivity index (χ4n) is 1.68. The highest BCUT2D eigenvalue weighted by Gasteiger charge is 2.01. The van der Waals surface area contributed by atoms with Crippen molar-refractivity contribution in [3.63, 3.8) is 0 Å². The second-order valence-electron chi connectivity index (χ2n) is 4.27. The lowest BCUT2D eigenvalue weighted by molar-refractivity contribution is 0.373. The first-order valence-corrected chi connectivity index (χ1v) is 7.51. The molecule has 0 aliphatic heterocycles. The fourth-order valence-corrected chi connectivity index (χ4v) is 2.25. The first kappa shape index (κ1) is 16.3. The molecule has 0 amide bonds. The normalized spacial score (nSPS) is 10.5. The minimum absolute atomic E-state index is 0.0567.